The third-order valence-electron chi connectivity index (χ3n) is 5.52. The molecular formula is C23H17Cl2N3OS. The molecule has 150 valence electrons. The minimum atomic E-state index is -0.995. The molecule has 0 spiro atoms. The fourth-order valence-corrected chi connectivity index (χ4v) is 4.55. The molecule has 2 aliphatic heterocycles. The number of halogens is 2. The van der Waals surface area contributed by atoms with Gasteiger partial charge in [0.2, 0.25) is 0 Å². The van der Waals surface area contributed by atoms with Crippen LogP contribution in [0.1, 0.15) is 16.7 Å². The summed E-state index contributed by atoms with van der Waals surface area (Å²) < 4.78 is 0. The average Bonchev–Trinajstić information content (AvgIpc) is 3.10. The van der Waals surface area contributed by atoms with Crippen molar-refractivity contribution < 1.29 is 4.84 Å². The Morgan fingerprint density at radius 2 is 1.67 bits per heavy atom. The molecule has 5 rings (SSSR count). The molecule has 0 N–H and O–H groups in total. The number of thiocarbonyl (C=S) groups is 1. The molecule has 0 radical (unpaired) electrons. The fraction of sp³-hybridized carbons (Fsp3) is 0.130. The third kappa shape index (κ3) is 2.88. The molecule has 2 aliphatic rings. The highest BCUT2D eigenvalue weighted by Crippen LogP contribution is 2.48. The van der Waals surface area contributed by atoms with Gasteiger partial charge in [-0.2, -0.15) is 0 Å². The number of hydrogen-bond acceptors (Lipinski definition) is 4. The molecule has 0 saturated carbocycles. The summed E-state index contributed by atoms with van der Waals surface area (Å²) in [7, 11) is 1.97. The van der Waals surface area contributed by atoms with Gasteiger partial charge in [0.05, 0.1) is 12.2 Å². The molecular weight excluding hydrogens is 437 g/mol. The van der Waals surface area contributed by atoms with Crippen molar-refractivity contribution in [1.29, 1.82) is 0 Å². The van der Waals surface area contributed by atoms with E-state index in [0.717, 1.165) is 27.4 Å². The summed E-state index contributed by atoms with van der Waals surface area (Å²) >= 11 is 18.3. The summed E-state index contributed by atoms with van der Waals surface area (Å²) in [5.74, 6) is 0.694. The van der Waals surface area contributed by atoms with Gasteiger partial charge in [0.1, 0.15) is 4.99 Å². The maximum absolute atomic E-state index is 6.45. The van der Waals surface area contributed by atoms with Gasteiger partial charge in [0.15, 0.2) is 5.84 Å². The highest BCUT2D eigenvalue weighted by Gasteiger charge is 2.53. The number of amidine groups is 1. The summed E-state index contributed by atoms with van der Waals surface area (Å²) in [6, 6.07) is 23.3. The molecule has 7 heteroatoms. The Kier molecular flexibility index (Phi) is 4.69. The van der Waals surface area contributed by atoms with E-state index >= 15 is 0 Å². The van der Waals surface area contributed by atoms with E-state index in [1.807, 2.05) is 84.7 Å². The first kappa shape index (κ1) is 19.4. The van der Waals surface area contributed by atoms with Gasteiger partial charge in [-0.1, -0.05) is 70.9 Å². The van der Waals surface area contributed by atoms with Crippen LogP contribution in [0.25, 0.3) is 0 Å². The Morgan fingerprint density at radius 3 is 2.40 bits per heavy atom. The van der Waals surface area contributed by atoms with E-state index < -0.39 is 5.72 Å². The van der Waals surface area contributed by atoms with Crippen molar-refractivity contribution >= 4 is 51.9 Å². The molecule has 0 amide bonds. The highest BCUT2D eigenvalue weighted by atomic mass is 35.5. The van der Waals surface area contributed by atoms with Crippen molar-refractivity contribution in [1.82, 2.24) is 4.90 Å². The van der Waals surface area contributed by atoms with E-state index in [2.05, 4.69) is 10.1 Å². The predicted octanol–water partition coefficient (Wildman–Crippen LogP) is 5.67. The van der Waals surface area contributed by atoms with Crippen molar-refractivity contribution in [2.24, 2.45) is 5.16 Å². The number of anilines is 1. The van der Waals surface area contributed by atoms with Crippen LogP contribution in [-0.2, 0) is 10.6 Å². The second-order valence-corrected chi connectivity index (χ2v) is 8.57. The smallest absolute Gasteiger partial charge is 0.265 e. The minimum absolute atomic E-state index is 0.453. The van der Waals surface area contributed by atoms with Gasteiger partial charge in [0.25, 0.3) is 5.72 Å². The molecule has 1 atom stereocenters. The van der Waals surface area contributed by atoms with Crippen molar-refractivity contribution in [2.75, 3.05) is 18.5 Å². The van der Waals surface area contributed by atoms with E-state index in [1.54, 1.807) is 0 Å². The molecule has 0 fully saturated rings. The number of benzene rings is 3. The first-order chi connectivity index (χ1) is 14.5. The van der Waals surface area contributed by atoms with Gasteiger partial charge in [-0.3, -0.25) is 4.90 Å². The number of nitrogens with zero attached hydrogens (tertiary/aromatic N) is 3. The maximum Gasteiger partial charge on any atom is 0.265 e. The topological polar surface area (TPSA) is 28.1 Å². The highest BCUT2D eigenvalue weighted by molar-refractivity contribution is 7.80. The van der Waals surface area contributed by atoms with Crippen LogP contribution in [0.4, 0.5) is 5.69 Å². The molecule has 0 saturated heterocycles. The van der Waals surface area contributed by atoms with Crippen LogP contribution in [0, 0.1) is 0 Å². The molecule has 3 aromatic carbocycles. The summed E-state index contributed by atoms with van der Waals surface area (Å²) in [6.07, 6.45) is 0. The van der Waals surface area contributed by atoms with E-state index in [1.165, 1.54) is 0 Å². The molecule has 30 heavy (non-hydrogen) atoms. The molecule has 0 unspecified atom stereocenters. The van der Waals surface area contributed by atoms with Crippen molar-refractivity contribution in [3.05, 3.63) is 99.5 Å². The largest absolute Gasteiger partial charge is 0.355 e. The Morgan fingerprint density at radius 1 is 0.967 bits per heavy atom. The van der Waals surface area contributed by atoms with E-state index in [4.69, 9.17) is 40.3 Å². The Bertz CT molecular complexity index is 1170. The lowest BCUT2D eigenvalue weighted by atomic mass is 9.91. The average molecular weight is 454 g/mol. The lowest BCUT2D eigenvalue weighted by Gasteiger charge is -2.36. The van der Waals surface area contributed by atoms with E-state index in [9.17, 15) is 0 Å². The molecule has 0 aromatic heterocycles. The number of fused-ring (bicyclic) bond motifs is 3. The number of oxime groups is 1. The first-order valence-corrected chi connectivity index (χ1v) is 10.6. The lowest BCUT2D eigenvalue weighted by molar-refractivity contribution is -0.0644. The minimum Gasteiger partial charge on any atom is -0.355 e. The van der Waals surface area contributed by atoms with E-state index in [0.29, 0.717) is 22.4 Å². The SMILES string of the molecule is CN1C(=S)CN2C(c3ccc(Cl)cc3)=NO[C@]2(c2ccccc2)c2cc(Cl)ccc21. The lowest BCUT2D eigenvalue weighted by Crippen LogP contribution is -2.48. The van der Waals surface area contributed by atoms with Gasteiger partial charge < -0.3 is 9.74 Å². The normalized spacial score (nSPS) is 20.2. The van der Waals surface area contributed by atoms with Crippen molar-refractivity contribution in [2.45, 2.75) is 5.72 Å². The number of likely N-dealkylation sites (N-methyl/N-ethyl adjacent to an activating group) is 1. The zero-order chi connectivity index (χ0) is 20.9. The molecule has 3 aromatic rings. The van der Waals surface area contributed by atoms with Gasteiger partial charge in [0, 0.05) is 33.8 Å². The van der Waals surface area contributed by atoms with Crippen LogP contribution in [-0.4, -0.2) is 29.3 Å². The van der Waals surface area contributed by atoms with E-state index in [-0.39, 0.29) is 0 Å². The monoisotopic (exact) mass is 453 g/mol. The Labute approximate surface area is 190 Å². The zero-order valence-corrected chi connectivity index (χ0v) is 18.4. The summed E-state index contributed by atoms with van der Waals surface area (Å²) in [5.41, 5.74) is 2.66. The summed E-state index contributed by atoms with van der Waals surface area (Å²) in [6.45, 7) is 0.453. The van der Waals surface area contributed by atoms with Crippen LogP contribution >= 0.6 is 35.4 Å². The molecule has 0 bridgehead atoms. The van der Waals surface area contributed by atoms with Crippen molar-refractivity contribution in [3.8, 4) is 0 Å². The summed E-state index contributed by atoms with van der Waals surface area (Å²) in [5, 5.41) is 5.82. The van der Waals surface area contributed by atoms with Crippen molar-refractivity contribution in [3.63, 3.8) is 0 Å². The van der Waals surface area contributed by atoms with Crippen LogP contribution in [0.5, 0.6) is 0 Å². The van der Waals surface area contributed by atoms with Crippen LogP contribution in [0.3, 0.4) is 0 Å². The van der Waals surface area contributed by atoms with Gasteiger partial charge >= 0.3 is 0 Å². The zero-order valence-electron chi connectivity index (χ0n) is 16.0. The quantitative estimate of drug-likeness (QED) is 0.467. The van der Waals surface area contributed by atoms with Gasteiger partial charge in [-0.05, 0) is 42.5 Å². The first-order valence-electron chi connectivity index (χ1n) is 9.42. The Balaban J connectivity index is 1.78. The Hall–Kier alpha value is -2.60. The van der Waals surface area contributed by atoms with Crippen LogP contribution in [0.2, 0.25) is 10.0 Å². The summed E-state index contributed by atoms with van der Waals surface area (Å²) in [4.78, 5) is 11.2. The van der Waals surface area contributed by atoms with Crippen LogP contribution < -0.4 is 4.90 Å². The number of rotatable bonds is 2. The number of hydrogen-bond donors (Lipinski definition) is 0. The van der Waals surface area contributed by atoms with Crippen LogP contribution in [0.15, 0.2) is 78.0 Å². The fourth-order valence-electron chi connectivity index (χ4n) is 4.02. The second-order valence-electron chi connectivity index (χ2n) is 7.22. The maximum atomic E-state index is 6.45. The molecule has 2 heterocycles. The second kappa shape index (κ2) is 7.27. The molecule has 0 aliphatic carbocycles. The standard InChI is InChI=1S/C23H17Cl2N3OS/c1-27-20-12-11-18(25)13-19(20)23(16-5-3-2-4-6-16)28(14-21(27)30)22(26-29-23)15-7-9-17(24)10-8-15/h2-13H,14H2,1H3/t23-/m1/s1. The van der Waals surface area contributed by atoms with Gasteiger partial charge in [-0.25, -0.2) is 0 Å². The third-order valence-corrected chi connectivity index (χ3v) is 6.41. The molecule has 4 nitrogen and oxygen atoms in total. The predicted molar refractivity (Wildman–Crippen MR) is 125 cm³/mol. The van der Waals surface area contributed by atoms with Gasteiger partial charge in [-0.15, -0.1) is 0 Å².